The summed E-state index contributed by atoms with van der Waals surface area (Å²) in [5, 5.41) is 9.18. The molecule has 6 heteroatoms. The van der Waals surface area contributed by atoms with E-state index in [-0.39, 0.29) is 5.56 Å². The summed E-state index contributed by atoms with van der Waals surface area (Å²) >= 11 is 0. The highest BCUT2D eigenvalue weighted by Crippen LogP contribution is 2.22. The van der Waals surface area contributed by atoms with E-state index in [1.54, 1.807) is 29.9 Å². The molecule has 3 rings (SSSR count). The minimum absolute atomic E-state index is 0.0170. The average Bonchev–Trinajstić information content (AvgIpc) is 2.52. The van der Waals surface area contributed by atoms with E-state index in [0.29, 0.717) is 36.5 Å². The SMILES string of the molecule is Cc1nc2c(c(=O)n1C)CN(c1ncccc1C#N)CC2. The number of hydrogen-bond acceptors (Lipinski definition) is 5. The fraction of sp³-hybridized carbons (Fsp3) is 0.333. The Bertz CT molecular complexity index is 803. The number of rotatable bonds is 1. The maximum absolute atomic E-state index is 12.4. The van der Waals surface area contributed by atoms with Gasteiger partial charge in [-0.3, -0.25) is 9.36 Å². The minimum atomic E-state index is -0.0170. The van der Waals surface area contributed by atoms with Crippen molar-refractivity contribution in [3.63, 3.8) is 0 Å². The van der Waals surface area contributed by atoms with Crippen molar-refractivity contribution in [1.82, 2.24) is 14.5 Å². The van der Waals surface area contributed by atoms with E-state index in [1.807, 2.05) is 11.8 Å². The molecule has 0 atom stereocenters. The topological polar surface area (TPSA) is 74.8 Å². The quantitative estimate of drug-likeness (QED) is 0.777. The van der Waals surface area contributed by atoms with E-state index in [2.05, 4.69) is 16.0 Å². The number of anilines is 1. The third kappa shape index (κ3) is 2.17. The highest BCUT2D eigenvalue weighted by atomic mass is 16.1. The third-order valence-corrected chi connectivity index (χ3v) is 3.87. The summed E-state index contributed by atoms with van der Waals surface area (Å²) in [4.78, 5) is 23.1. The highest BCUT2D eigenvalue weighted by molar-refractivity contribution is 5.54. The lowest BCUT2D eigenvalue weighted by Gasteiger charge is -2.29. The summed E-state index contributed by atoms with van der Waals surface area (Å²) < 4.78 is 1.56. The molecule has 2 aromatic rings. The molecule has 0 bridgehead atoms. The van der Waals surface area contributed by atoms with Crippen LogP contribution in [0.25, 0.3) is 0 Å². The lowest BCUT2D eigenvalue weighted by molar-refractivity contribution is 0.649. The molecular weight excluding hydrogens is 266 g/mol. The Hall–Kier alpha value is -2.68. The van der Waals surface area contributed by atoms with Crippen molar-refractivity contribution in [3.05, 3.63) is 51.3 Å². The van der Waals surface area contributed by atoms with Gasteiger partial charge in [0.1, 0.15) is 17.7 Å². The predicted octanol–water partition coefficient (Wildman–Crippen LogP) is 0.918. The standard InChI is InChI=1S/C15H15N5O/c1-10-18-13-5-7-20(9-12(13)15(21)19(10)2)14-11(8-16)4-3-6-17-14/h3-4,6H,5,7,9H2,1-2H3. The molecule has 0 unspecified atom stereocenters. The van der Waals surface area contributed by atoms with E-state index in [1.165, 1.54) is 0 Å². The molecule has 1 aliphatic rings. The van der Waals surface area contributed by atoms with Crippen LogP contribution >= 0.6 is 0 Å². The molecule has 0 fully saturated rings. The Balaban J connectivity index is 2.04. The van der Waals surface area contributed by atoms with Gasteiger partial charge in [-0.1, -0.05) is 0 Å². The fourth-order valence-corrected chi connectivity index (χ4v) is 2.60. The van der Waals surface area contributed by atoms with Crippen molar-refractivity contribution in [2.75, 3.05) is 11.4 Å². The normalized spacial score (nSPS) is 13.7. The van der Waals surface area contributed by atoms with Gasteiger partial charge in [-0.15, -0.1) is 0 Å². The van der Waals surface area contributed by atoms with Gasteiger partial charge in [0.2, 0.25) is 0 Å². The molecule has 6 nitrogen and oxygen atoms in total. The van der Waals surface area contributed by atoms with Crippen LogP contribution < -0.4 is 10.5 Å². The predicted molar refractivity (Wildman–Crippen MR) is 77.9 cm³/mol. The Labute approximate surface area is 122 Å². The van der Waals surface area contributed by atoms with Gasteiger partial charge in [-0.2, -0.15) is 5.26 Å². The highest BCUT2D eigenvalue weighted by Gasteiger charge is 2.24. The second-order valence-corrected chi connectivity index (χ2v) is 5.11. The fourth-order valence-electron chi connectivity index (χ4n) is 2.60. The Kier molecular flexibility index (Phi) is 3.18. The number of fused-ring (bicyclic) bond motifs is 1. The molecule has 0 spiro atoms. The lowest BCUT2D eigenvalue weighted by atomic mass is 10.1. The smallest absolute Gasteiger partial charge is 0.258 e. The number of pyridine rings is 1. The molecule has 0 aromatic carbocycles. The van der Waals surface area contributed by atoms with Crippen LogP contribution in [0, 0.1) is 18.3 Å². The first kappa shape index (κ1) is 13.3. The molecule has 106 valence electrons. The van der Waals surface area contributed by atoms with Gasteiger partial charge in [0.05, 0.1) is 23.4 Å². The van der Waals surface area contributed by atoms with Gasteiger partial charge in [0.15, 0.2) is 0 Å². The van der Waals surface area contributed by atoms with E-state index < -0.39 is 0 Å². The molecule has 0 radical (unpaired) electrons. The van der Waals surface area contributed by atoms with Gasteiger partial charge in [-0.25, -0.2) is 9.97 Å². The average molecular weight is 281 g/mol. The molecular formula is C15H15N5O. The second-order valence-electron chi connectivity index (χ2n) is 5.11. The van der Waals surface area contributed by atoms with Crippen LogP contribution in [0.5, 0.6) is 0 Å². The number of aromatic nitrogens is 3. The van der Waals surface area contributed by atoms with Gasteiger partial charge >= 0.3 is 0 Å². The van der Waals surface area contributed by atoms with Crippen molar-refractivity contribution in [3.8, 4) is 6.07 Å². The zero-order chi connectivity index (χ0) is 15.0. The zero-order valence-corrected chi connectivity index (χ0v) is 12.0. The molecule has 1 aliphatic heterocycles. The molecule has 0 saturated carbocycles. The minimum Gasteiger partial charge on any atom is -0.351 e. The van der Waals surface area contributed by atoms with Gasteiger partial charge < -0.3 is 4.90 Å². The Morgan fingerprint density at radius 3 is 3.00 bits per heavy atom. The summed E-state index contributed by atoms with van der Waals surface area (Å²) in [5.74, 6) is 1.36. The number of hydrogen-bond donors (Lipinski definition) is 0. The van der Waals surface area contributed by atoms with Crippen LogP contribution in [0.2, 0.25) is 0 Å². The van der Waals surface area contributed by atoms with Gasteiger partial charge in [0, 0.05) is 26.2 Å². The maximum atomic E-state index is 12.4. The van der Waals surface area contributed by atoms with Crippen molar-refractivity contribution in [2.24, 2.45) is 7.05 Å². The van der Waals surface area contributed by atoms with Crippen molar-refractivity contribution < 1.29 is 0 Å². The number of nitrogens with zero attached hydrogens (tertiary/aromatic N) is 5. The Morgan fingerprint density at radius 1 is 1.43 bits per heavy atom. The largest absolute Gasteiger partial charge is 0.351 e. The number of nitriles is 1. The zero-order valence-electron chi connectivity index (χ0n) is 12.0. The Morgan fingerprint density at radius 2 is 2.24 bits per heavy atom. The second kappa shape index (κ2) is 5.02. The van der Waals surface area contributed by atoms with Crippen molar-refractivity contribution in [1.29, 1.82) is 5.26 Å². The molecule has 2 aromatic heterocycles. The summed E-state index contributed by atoms with van der Waals surface area (Å²) in [6, 6.07) is 5.63. The number of aryl methyl sites for hydroxylation is 1. The first-order chi connectivity index (χ1) is 10.1. The van der Waals surface area contributed by atoms with Crippen molar-refractivity contribution >= 4 is 5.82 Å². The monoisotopic (exact) mass is 281 g/mol. The van der Waals surface area contributed by atoms with Crippen LogP contribution in [0.4, 0.5) is 5.82 Å². The first-order valence-electron chi connectivity index (χ1n) is 6.77. The van der Waals surface area contributed by atoms with Gasteiger partial charge in [0.25, 0.3) is 5.56 Å². The van der Waals surface area contributed by atoms with E-state index in [9.17, 15) is 10.1 Å². The molecule has 0 N–H and O–H groups in total. The lowest BCUT2D eigenvalue weighted by Crippen LogP contribution is -2.38. The van der Waals surface area contributed by atoms with Gasteiger partial charge in [-0.05, 0) is 19.1 Å². The maximum Gasteiger partial charge on any atom is 0.258 e. The van der Waals surface area contributed by atoms with Crippen LogP contribution in [0.1, 0.15) is 22.6 Å². The van der Waals surface area contributed by atoms with E-state index >= 15 is 0 Å². The van der Waals surface area contributed by atoms with E-state index in [0.717, 1.165) is 11.5 Å². The van der Waals surface area contributed by atoms with Crippen LogP contribution in [-0.4, -0.2) is 21.1 Å². The molecule has 0 aliphatic carbocycles. The molecule has 0 saturated heterocycles. The molecule has 21 heavy (non-hydrogen) atoms. The molecule has 3 heterocycles. The van der Waals surface area contributed by atoms with Crippen molar-refractivity contribution in [2.45, 2.75) is 19.9 Å². The first-order valence-corrected chi connectivity index (χ1v) is 6.77. The molecule has 0 amide bonds. The summed E-state index contributed by atoms with van der Waals surface area (Å²) in [6.07, 6.45) is 2.35. The summed E-state index contributed by atoms with van der Waals surface area (Å²) in [6.45, 7) is 2.99. The van der Waals surface area contributed by atoms with Crippen LogP contribution in [-0.2, 0) is 20.0 Å². The van der Waals surface area contributed by atoms with Crippen LogP contribution in [0.15, 0.2) is 23.1 Å². The van der Waals surface area contributed by atoms with E-state index in [4.69, 9.17) is 0 Å². The summed E-state index contributed by atoms with van der Waals surface area (Å²) in [5.41, 5.74) is 2.07. The summed E-state index contributed by atoms with van der Waals surface area (Å²) in [7, 11) is 1.73. The van der Waals surface area contributed by atoms with Crippen LogP contribution in [0.3, 0.4) is 0 Å². The third-order valence-electron chi connectivity index (χ3n) is 3.87.